The minimum Gasteiger partial charge on any atom is -0.391 e. The van der Waals surface area contributed by atoms with E-state index in [0.717, 1.165) is 23.4 Å². The van der Waals surface area contributed by atoms with Crippen molar-refractivity contribution in [1.82, 2.24) is 10.3 Å². The highest BCUT2D eigenvalue weighted by Gasteiger charge is 2.29. The first-order valence-electron chi connectivity index (χ1n) is 7.27. The number of benzene rings is 1. The van der Waals surface area contributed by atoms with Gasteiger partial charge in [0.2, 0.25) is 0 Å². The van der Waals surface area contributed by atoms with Crippen LogP contribution in [-0.2, 0) is 6.42 Å². The van der Waals surface area contributed by atoms with Gasteiger partial charge >= 0.3 is 0 Å². The third-order valence-corrected chi connectivity index (χ3v) is 4.52. The molecule has 1 aromatic carbocycles. The van der Waals surface area contributed by atoms with Crippen LogP contribution in [0.4, 0.5) is 4.39 Å². The molecule has 0 bridgehead atoms. The summed E-state index contributed by atoms with van der Waals surface area (Å²) in [6.07, 6.45) is 2.10. The number of aliphatic hydroxyl groups is 1. The van der Waals surface area contributed by atoms with Gasteiger partial charge in [-0.25, -0.2) is 9.37 Å². The van der Waals surface area contributed by atoms with Crippen LogP contribution >= 0.6 is 11.3 Å². The first-order valence-corrected chi connectivity index (χ1v) is 8.15. The molecular formula is C16H17FN2O2S. The highest BCUT2D eigenvalue weighted by Crippen LogP contribution is 2.32. The molecule has 0 radical (unpaired) electrons. The predicted molar refractivity (Wildman–Crippen MR) is 82.4 cm³/mol. The minimum absolute atomic E-state index is 0.264. The summed E-state index contributed by atoms with van der Waals surface area (Å²) in [5.74, 6) is -0.221. The van der Waals surface area contributed by atoms with Gasteiger partial charge in [0.25, 0.3) is 5.91 Å². The monoisotopic (exact) mass is 320 g/mol. The van der Waals surface area contributed by atoms with E-state index in [-0.39, 0.29) is 18.3 Å². The van der Waals surface area contributed by atoms with Gasteiger partial charge in [-0.05, 0) is 36.5 Å². The van der Waals surface area contributed by atoms with Crippen molar-refractivity contribution < 1.29 is 14.3 Å². The maximum atomic E-state index is 13.1. The van der Waals surface area contributed by atoms with Gasteiger partial charge in [-0.15, -0.1) is 11.3 Å². The number of carbonyl (C=O) groups is 1. The van der Waals surface area contributed by atoms with Crippen molar-refractivity contribution in [2.75, 3.05) is 6.54 Å². The van der Waals surface area contributed by atoms with Gasteiger partial charge in [0.1, 0.15) is 11.5 Å². The fourth-order valence-electron chi connectivity index (χ4n) is 2.25. The molecule has 1 unspecified atom stereocenters. The molecule has 1 aliphatic rings. The number of amides is 1. The summed E-state index contributed by atoms with van der Waals surface area (Å²) >= 11 is 1.37. The Balaban J connectivity index is 1.56. The smallest absolute Gasteiger partial charge is 0.270 e. The van der Waals surface area contributed by atoms with Crippen molar-refractivity contribution in [2.24, 2.45) is 5.92 Å². The first-order chi connectivity index (χ1) is 10.6. The van der Waals surface area contributed by atoms with Crippen LogP contribution in [0.3, 0.4) is 0 Å². The van der Waals surface area contributed by atoms with Gasteiger partial charge in [0, 0.05) is 18.3 Å². The van der Waals surface area contributed by atoms with Gasteiger partial charge in [0.15, 0.2) is 0 Å². The molecule has 1 aromatic heterocycles. The number of aromatic nitrogens is 1. The van der Waals surface area contributed by atoms with E-state index in [0.29, 0.717) is 18.0 Å². The molecule has 0 spiro atoms. The second kappa shape index (κ2) is 6.54. The summed E-state index contributed by atoms with van der Waals surface area (Å²) in [5.41, 5.74) is 1.17. The number of aliphatic hydroxyl groups excluding tert-OH is 1. The van der Waals surface area contributed by atoms with E-state index in [2.05, 4.69) is 10.3 Å². The number of nitrogens with one attached hydrogen (secondary N) is 1. The number of carbonyl (C=O) groups excluding carboxylic acids is 1. The Hall–Kier alpha value is -1.79. The molecule has 1 heterocycles. The molecule has 3 rings (SSSR count). The zero-order valence-electron chi connectivity index (χ0n) is 12.0. The van der Waals surface area contributed by atoms with Crippen LogP contribution in [0.2, 0.25) is 0 Å². The van der Waals surface area contributed by atoms with Gasteiger partial charge in [-0.3, -0.25) is 4.79 Å². The van der Waals surface area contributed by atoms with Crippen LogP contribution in [0, 0.1) is 11.7 Å². The van der Waals surface area contributed by atoms with Crippen LogP contribution in [0.1, 0.15) is 33.9 Å². The second-order valence-corrected chi connectivity index (χ2v) is 6.49. The van der Waals surface area contributed by atoms with Crippen LogP contribution in [-0.4, -0.2) is 28.6 Å². The Bertz CT molecular complexity index is 670. The van der Waals surface area contributed by atoms with E-state index in [1.807, 2.05) is 6.07 Å². The Morgan fingerprint density at radius 1 is 1.50 bits per heavy atom. The average molecular weight is 320 g/mol. The van der Waals surface area contributed by atoms with Crippen LogP contribution in [0.5, 0.6) is 0 Å². The Kier molecular flexibility index (Phi) is 4.49. The summed E-state index contributed by atoms with van der Waals surface area (Å²) in [4.78, 5) is 16.2. The predicted octanol–water partition coefficient (Wildman–Crippen LogP) is 2.37. The van der Waals surface area contributed by atoms with Crippen molar-refractivity contribution in [3.63, 3.8) is 0 Å². The lowest BCUT2D eigenvalue weighted by Gasteiger charge is -2.09. The third kappa shape index (κ3) is 3.90. The highest BCUT2D eigenvalue weighted by molar-refractivity contribution is 7.09. The van der Waals surface area contributed by atoms with Crippen LogP contribution in [0.15, 0.2) is 29.6 Å². The van der Waals surface area contributed by atoms with Crippen molar-refractivity contribution >= 4 is 17.2 Å². The van der Waals surface area contributed by atoms with Crippen molar-refractivity contribution in [3.8, 4) is 0 Å². The summed E-state index contributed by atoms with van der Waals surface area (Å²) in [6.45, 7) is 0.264. The summed E-state index contributed by atoms with van der Waals surface area (Å²) in [6, 6.07) is 6.35. The normalized spacial score (nSPS) is 15.5. The van der Waals surface area contributed by atoms with Gasteiger partial charge in [0.05, 0.1) is 11.1 Å². The summed E-state index contributed by atoms with van der Waals surface area (Å²) in [5, 5.41) is 14.9. The quantitative estimate of drug-likeness (QED) is 0.859. The molecule has 6 heteroatoms. The Morgan fingerprint density at radius 2 is 2.32 bits per heavy atom. The second-order valence-electron chi connectivity index (χ2n) is 5.55. The van der Waals surface area contributed by atoms with Gasteiger partial charge in [-0.1, -0.05) is 12.1 Å². The first kappa shape index (κ1) is 15.1. The maximum Gasteiger partial charge on any atom is 0.270 e. The van der Waals surface area contributed by atoms with E-state index in [9.17, 15) is 14.3 Å². The molecule has 1 amide bonds. The molecule has 2 aromatic rings. The maximum absolute atomic E-state index is 13.1. The average Bonchev–Trinajstić information content (AvgIpc) is 3.25. The lowest BCUT2D eigenvalue weighted by atomic mass is 10.1. The number of rotatable bonds is 6. The fraction of sp³-hybridized carbons (Fsp3) is 0.375. The minimum atomic E-state index is -0.464. The Labute approximate surface area is 132 Å². The number of hydrogen-bond acceptors (Lipinski definition) is 4. The molecule has 2 N–H and O–H groups in total. The molecular weight excluding hydrogens is 303 g/mol. The van der Waals surface area contributed by atoms with E-state index in [4.69, 9.17) is 0 Å². The zero-order valence-corrected chi connectivity index (χ0v) is 12.8. The number of hydrogen-bond donors (Lipinski definition) is 2. The van der Waals surface area contributed by atoms with Crippen LogP contribution < -0.4 is 5.32 Å². The SMILES string of the molecule is O=C(NCC(O)C1CC1)c1csc(Cc2cccc(F)c2)n1. The summed E-state index contributed by atoms with van der Waals surface area (Å²) in [7, 11) is 0. The van der Waals surface area contributed by atoms with E-state index in [1.54, 1.807) is 11.4 Å². The molecule has 1 atom stereocenters. The molecule has 4 nitrogen and oxygen atoms in total. The third-order valence-electron chi connectivity index (χ3n) is 3.67. The van der Waals surface area contributed by atoms with Gasteiger partial charge < -0.3 is 10.4 Å². The van der Waals surface area contributed by atoms with Crippen molar-refractivity contribution in [3.05, 3.63) is 51.7 Å². The number of halogens is 1. The molecule has 1 saturated carbocycles. The standard InChI is InChI=1S/C16H17FN2O2S/c17-12-3-1-2-10(6-12)7-15-19-13(9-22-15)16(21)18-8-14(20)11-4-5-11/h1-3,6,9,11,14,20H,4-5,7-8H2,(H,18,21). The zero-order chi connectivity index (χ0) is 15.5. The van der Waals surface area contributed by atoms with Gasteiger partial charge in [-0.2, -0.15) is 0 Å². The molecule has 22 heavy (non-hydrogen) atoms. The lowest BCUT2D eigenvalue weighted by Crippen LogP contribution is -2.33. The Morgan fingerprint density at radius 3 is 3.05 bits per heavy atom. The van der Waals surface area contributed by atoms with Crippen molar-refractivity contribution in [1.29, 1.82) is 0 Å². The van der Waals surface area contributed by atoms with E-state index >= 15 is 0 Å². The van der Waals surface area contributed by atoms with E-state index in [1.165, 1.54) is 23.5 Å². The highest BCUT2D eigenvalue weighted by atomic mass is 32.1. The van der Waals surface area contributed by atoms with E-state index < -0.39 is 6.10 Å². The number of thiazole rings is 1. The molecule has 1 aliphatic carbocycles. The molecule has 116 valence electrons. The largest absolute Gasteiger partial charge is 0.391 e. The lowest BCUT2D eigenvalue weighted by molar-refractivity contribution is 0.0897. The summed E-state index contributed by atoms with van der Waals surface area (Å²) < 4.78 is 13.1. The molecule has 1 fully saturated rings. The fourth-order valence-corrected chi connectivity index (χ4v) is 3.06. The molecule has 0 saturated heterocycles. The topological polar surface area (TPSA) is 62.2 Å². The molecule has 0 aliphatic heterocycles. The van der Waals surface area contributed by atoms with Crippen molar-refractivity contribution in [2.45, 2.75) is 25.4 Å². The van der Waals surface area contributed by atoms with Crippen LogP contribution in [0.25, 0.3) is 0 Å². The number of nitrogens with zero attached hydrogens (tertiary/aromatic N) is 1.